The van der Waals surface area contributed by atoms with Gasteiger partial charge in [0.2, 0.25) is 0 Å². The minimum atomic E-state index is 0.405. The molecule has 0 spiro atoms. The van der Waals surface area contributed by atoms with E-state index in [-0.39, 0.29) is 0 Å². The third-order valence-electron chi connectivity index (χ3n) is 3.89. The molecule has 3 heteroatoms. The number of nitrogens with one attached hydrogen (secondary N) is 2. The molecule has 1 aromatic carbocycles. The highest BCUT2D eigenvalue weighted by Crippen LogP contribution is 2.58. The number of rotatable bonds is 2. The number of benzene rings is 1. The number of H-pyrrole nitrogens is 1. The Morgan fingerprint density at radius 2 is 2.07 bits per heavy atom. The molecule has 3 fully saturated rings. The topological polar surface area (TPSA) is 40.7 Å². The first-order chi connectivity index (χ1) is 7.35. The maximum absolute atomic E-state index is 4.35. The van der Waals surface area contributed by atoms with Gasteiger partial charge in [0.05, 0.1) is 5.52 Å². The monoisotopic (exact) mass is 199 g/mol. The van der Waals surface area contributed by atoms with Crippen molar-refractivity contribution in [3.63, 3.8) is 0 Å². The molecule has 2 aromatic rings. The van der Waals surface area contributed by atoms with E-state index >= 15 is 0 Å². The highest BCUT2D eigenvalue weighted by atomic mass is 15.2. The second-order valence-corrected chi connectivity index (χ2v) is 5.00. The largest absolute Gasteiger partial charge is 0.363 e. The first kappa shape index (κ1) is 7.74. The average molecular weight is 199 g/mol. The second-order valence-electron chi connectivity index (χ2n) is 5.00. The zero-order valence-corrected chi connectivity index (χ0v) is 8.46. The molecular weight excluding hydrogens is 186 g/mol. The SMILES string of the molecule is c1ccc2c(NC34CC(C3)C4)n[nH]c2c1. The Kier molecular flexibility index (Phi) is 1.21. The quantitative estimate of drug-likeness (QED) is 0.780. The molecular formula is C12H13N3. The number of hydrogen-bond donors (Lipinski definition) is 2. The van der Waals surface area contributed by atoms with Gasteiger partial charge in [-0.25, -0.2) is 0 Å². The summed E-state index contributed by atoms with van der Waals surface area (Å²) in [5.41, 5.74) is 1.52. The van der Waals surface area contributed by atoms with Gasteiger partial charge in [0.15, 0.2) is 5.82 Å². The predicted octanol–water partition coefficient (Wildman–Crippen LogP) is 2.53. The van der Waals surface area contributed by atoms with Gasteiger partial charge in [0.1, 0.15) is 0 Å². The molecule has 1 heterocycles. The fraction of sp³-hybridized carbons (Fsp3) is 0.417. The van der Waals surface area contributed by atoms with Gasteiger partial charge in [-0.05, 0) is 37.3 Å². The third-order valence-corrected chi connectivity index (χ3v) is 3.89. The molecule has 3 aliphatic rings. The Hall–Kier alpha value is -1.51. The fourth-order valence-electron chi connectivity index (χ4n) is 2.94. The third kappa shape index (κ3) is 0.928. The normalized spacial score (nSPS) is 32.1. The Morgan fingerprint density at radius 3 is 2.80 bits per heavy atom. The molecule has 0 radical (unpaired) electrons. The number of aromatic amines is 1. The van der Waals surface area contributed by atoms with E-state index in [1.165, 1.54) is 24.6 Å². The van der Waals surface area contributed by atoms with Gasteiger partial charge >= 0.3 is 0 Å². The minimum Gasteiger partial charge on any atom is -0.363 e. The molecule has 1 aromatic heterocycles. The van der Waals surface area contributed by atoms with Crippen LogP contribution in [0.25, 0.3) is 10.9 Å². The molecule has 0 unspecified atom stereocenters. The molecule has 0 aliphatic heterocycles. The summed E-state index contributed by atoms with van der Waals surface area (Å²) in [5, 5.41) is 12.2. The molecule has 15 heavy (non-hydrogen) atoms. The van der Waals surface area contributed by atoms with E-state index in [0.717, 1.165) is 17.3 Å². The van der Waals surface area contributed by atoms with Crippen molar-refractivity contribution in [3.05, 3.63) is 24.3 Å². The van der Waals surface area contributed by atoms with Gasteiger partial charge in [-0.15, -0.1) is 0 Å². The van der Waals surface area contributed by atoms with E-state index < -0.39 is 0 Å². The minimum absolute atomic E-state index is 0.405. The number of hydrogen-bond acceptors (Lipinski definition) is 2. The summed E-state index contributed by atoms with van der Waals surface area (Å²) in [6.07, 6.45) is 4.02. The van der Waals surface area contributed by atoms with Crippen LogP contribution in [0.2, 0.25) is 0 Å². The standard InChI is InChI=1S/C12H13N3/c1-2-4-10-9(3-1)11(15-14-10)13-12-5-8(6-12)7-12/h1-4,8H,5-7H2,(H2,13,14,15). The zero-order valence-electron chi connectivity index (χ0n) is 8.46. The number of aromatic nitrogens is 2. The van der Waals surface area contributed by atoms with Crippen molar-refractivity contribution in [3.8, 4) is 0 Å². The smallest absolute Gasteiger partial charge is 0.156 e. The Balaban J connectivity index is 1.74. The van der Waals surface area contributed by atoms with Crippen LogP contribution in [0.1, 0.15) is 19.3 Å². The Bertz CT molecular complexity index is 511. The van der Waals surface area contributed by atoms with Crippen molar-refractivity contribution in [2.45, 2.75) is 24.8 Å². The lowest BCUT2D eigenvalue weighted by atomic mass is 9.50. The van der Waals surface area contributed by atoms with E-state index in [2.05, 4.69) is 33.7 Å². The van der Waals surface area contributed by atoms with E-state index in [4.69, 9.17) is 0 Å². The summed E-state index contributed by atoms with van der Waals surface area (Å²) in [6.45, 7) is 0. The summed E-state index contributed by atoms with van der Waals surface area (Å²) in [4.78, 5) is 0. The van der Waals surface area contributed by atoms with Crippen LogP contribution < -0.4 is 5.32 Å². The summed E-state index contributed by atoms with van der Waals surface area (Å²) < 4.78 is 0. The summed E-state index contributed by atoms with van der Waals surface area (Å²) in [6, 6.07) is 8.28. The highest BCUT2D eigenvalue weighted by molar-refractivity contribution is 5.89. The van der Waals surface area contributed by atoms with Gasteiger partial charge in [-0.1, -0.05) is 12.1 Å². The molecule has 0 atom stereocenters. The number of nitrogens with zero attached hydrogens (tertiary/aromatic N) is 1. The zero-order chi connectivity index (χ0) is 9.88. The first-order valence-corrected chi connectivity index (χ1v) is 5.56. The fourth-order valence-corrected chi connectivity index (χ4v) is 2.94. The van der Waals surface area contributed by atoms with Crippen LogP contribution in [0, 0.1) is 5.92 Å². The van der Waals surface area contributed by atoms with Crippen molar-refractivity contribution in [1.29, 1.82) is 0 Å². The number of fused-ring (bicyclic) bond motifs is 1. The van der Waals surface area contributed by atoms with Gasteiger partial charge in [0.25, 0.3) is 0 Å². The predicted molar refractivity (Wildman–Crippen MR) is 59.8 cm³/mol. The summed E-state index contributed by atoms with van der Waals surface area (Å²) in [7, 11) is 0. The van der Waals surface area contributed by atoms with Crippen LogP contribution in [0.3, 0.4) is 0 Å². The van der Waals surface area contributed by atoms with Crippen molar-refractivity contribution < 1.29 is 0 Å². The molecule has 3 saturated carbocycles. The van der Waals surface area contributed by atoms with E-state index in [0.29, 0.717) is 5.54 Å². The molecule has 5 rings (SSSR count). The van der Waals surface area contributed by atoms with Crippen LogP contribution in [-0.2, 0) is 0 Å². The maximum Gasteiger partial charge on any atom is 0.156 e. The van der Waals surface area contributed by atoms with Crippen molar-refractivity contribution in [2.75, 3.05) is 5.32 Å². The van der Waals surface area contributed by atoms with Gasteiger partial charge < -0.3 is 5.32 Å². The van der Waals surface area contributed by atoms with E-state index in [9.17, 15) is 0 Å². The first-order valence-electron chi connectivity index (χ1n) is 5.56. The molecule has 76 valence electrons. The van der Waals surface area contributed by atoms with Crippen molar-refractivity contribution >= 4 is 16.7 Å². The van der Waals surface area contributed by atoms with Gasteiger partial charge in [0, 0.05) is 10.9 Å². The van der Waals surface area contributed by atoms with Crippen LogP contribution in [0.5, 0.6) is 0 Å². The van der Waals surface area contributed by atoms with Crippen LogP contribution in [-0.4, -0.2) is 15.7 Å². The Labute approximate surface area is 87.9 Å². The van der Waals surface area contributed by atoms with Crippen molar-refractivity contribution in [1.82, 2.24) is 10.2 Å². The van der Waals surface area contributed by atoms with E-state index in [1.807, 2.05) is 6.07 Å². The lowest BCUT2D eigenvalue weighted by Crippen LogP contribution is -2.63. The van der Waals surface area contributed by atoms with Gasteiger partial charge in [-0.2, -0.15) is 5.10 Å². The highest BCUT2D eigenvalue weighted by Gasteiger charge is 2.56. The lowest BCUT2D eigenvalue weighted by molar-refractivity contribution is 0.00191. The summed E-state index contributed by atoms with van der Waals surface area (Å²) >= 11 is 0. The van der Waals surface area contributed by atoms with Crippen LogP contribution >= 0.6 is 0 Å². The van der Waals surface area contributed by atoms with Crippen molar-refractivity contribution in [2.24, 2.45) is 5.92 Å². The number of para-hydroxylation sites is 1. The summed E-state index contributed by atoms with van der Waals surface area (Å²) in [5.74, 6) is 2.03. The molecule has 3 nitrogen and oxygen atoms in total. The molecule has 2 bridgehead atoms. The average Bonchev–Trinajstić information content (AvgIpc) is 2.53. The molecule has 0 amide bonds. The lowest BCUT2D eigenvalue weighted by Gasteiger charge is -2.62. The molecule has 0 saturated heterocycles. The molecule has 2 N–H and O–H groups in total. The number of anilines is 1. The van der Waals surface area contributed by atoms with Crippen LogP contribution in [0.15, 0.2) is 24.3 Å². The second kappa shape index (κ2) is 2.35. The van der Waals surface area contributed by atoms with Gasteiger partial charge in [-0.3, -0.25) is 5.10 Å². The van der Waals surface area contributed by atoms with E-state index in [1.54, 1.807) is 0 Å². The maximum atomic E-state index is 4.35. The molecule has 3 aliphatic carbocycles. The Morgan fingerprint density at radius 1 is 1.27 bits per heavy atom. The van der Waals surface area contributed by atoms with Crippen LogP contribution in [0.4, 0.5) is 5.82 Å².